The number of carbonyl (C=O) groups excluding carboxylic acids is 1. The number of ether oxygens (including phenoxy) is 3. The van der Waals surface area contributed by atoms with Gasteiger partial charge in [-0.25, -0.2) is 4.79 Å². The van der Waals surface area contributed by atoms with Gasteiger partial charge in [0, 0.05) is 0 Å². The minimum Gasteiger partial charge on any atom is -0.496 e. The summed E-state index contributed by atoms with van der Waals surface area (Å²) in [4.78, 5) is 11.0. The third kappa shape index (κ3) is 1.76. The van der Waals surface area contributed by atoms with Gasteiger partial charge in [0.15, 0.2) is 0 Å². The molecule has 1 aliphatic rings. The van der Waals surface area contributed by atoms with Crippen molar-refractivity contribution in [2.24, 2.45) is 0 Å². The monoisotopic (exact) mass is 223 g/mol. The summed E-state index contributed by atoms with van der Waals surface area (Å²) < 4.78 is 15.4. The van der Waals surface area contributed by atoms with E-state index in [4.69, 9.17) is 14.2 Å². The lowest BCUT2D eigenvalue weighted by Crippen LogP contribution is -2.19. The maximum Gasteiger partial charge on any atom is 0.407 e. The van der Waals surface area contributed by atoms with Crippen LogP contribution in [0.3, 0.4) is 0 Å². The summed E-state index contributed by atoms with van der Waals surface area (Å²) in [6.45, 7) is 0.287. The van der Waals surface area contributed by atoms with Crippen molar-refractivity contribution in [1.29, 1.82) is 0 Å². The highest BCUT2D eigenvalue weighted by atomic mass is 16.6. The topological polar surface area (TPSA) is 56.8 Å². The van der Waals surface area contributed by atoms with Gasteiger partial charge >= 0.3 is 6.09 Å². The van der Waals surface area contributed by atoms with E-state index in [0.717, 1.165) is 5.56 Å². The number of methoxy groups -OCH3 is 2. The highest BCUT2D eigenvalue weighted by molar-refractivity contribution is 5.71. The summed E-state index contributed by atoms with van der Waals surface area (Å²) in [5.41, 5.74) is 0.804. The van der Waals surface area contributed by atoms with Gasteiger partial charge in [0.25, 0.3) is 0 Å². The van der Waals surface area contributed by atoms with Crippen molar-refractivity contribution < 1.29 is 19.0 Å². The average Bonchev–Trinajstić information content (AvgIpc) is 2.74. The van der Waals surface area contributed by atoms with Crippen molar-refractivity contribution in [3.05, 3.63) is 23.8 Å². The van der Waals surface area contributed by atoms with E-state index >= 15 is 0 Å². The zero-order valence-electron chi connectivity index (χ0n) is 9.15. The molecule has 5 heteroatoms. The Bertz CT molecular complexity index is 383. The number of benzene rings is 1. The second kappa shape index (κ2) is 4.30. The first-order chi connectivity index (χ1) is 7.76. The number of hydrogen-bond donors (Lipinski definition) is 1. The number of cyclic esters (lactones) is 1. The van der Waals surface area contributed by atoms with Crippen molar-refractivity contribution >= 4 is 6.09 Å². The second-order valence-electron chi connectivity index (χ2n) is 3.37. The Hall–Kier alpha value is -1.91. The van der Waals surface area contributed by atoms with Crippen LogP contribution in [0.5, 0.6) is 11.5 Å². The summed E-state index contributed by atoms with van der Waals surface area (Å²) in [5, 5.41) is 2.70. The van der Waals surface area contributed by atoms with E-state index in [1.54, 1.807) is 14.2 Å². The number of rotatable bonds is 3. The largest absolute Gasteiger partial charge is 0.496 e. The SMILES string of the molecule is COc1cccc(OC)c1C1COC(=O)N1. The molecule has 0 radical (unpaired) electrons. The van der Waals surface area contributed by atoms with Gasteiger partial charge in [-0.15, -0.1) is 0 Å². The lowest BCUT2D eigenvalue weighted by molar-refractivity contribution is 0.176. The van der Waals surface area contributed by atoms with Crippen LogP contribution < -0.4 is 14.8 Å². The Morgan fingerprint density at radius 2 is 1.94 bits per heavy atom. The number of hydrogen-bond acceptors (Lipinski definition) is 4. The molecule has 1 atom stereocenters. The minimum absolute atomic E-state index is 0.224. The molecule has 16 heavy (non-hydrogen) atoms. The molecule has 5 nitrogen and oxygen atoms in total. The van der Waals surface area contributed by atoms with Crippen LogP contribution in [0.4, 0.5) is 4.79 Å². The third-order valence-electron chi connectivity index (χ3n) is 2.49. The van der Waals surface area contributed by atoms with Crippen LogP contribution in [-0.2, 0) is 4.74 Å². The van der Waals surface area contributed by atoms with Gasteiger partial charge in [0.2, 0.25) is 0 Å². The highest BCUT2D eigenvalue weighted by Gasteiger charge is 2.29. The van der Waals surface area contributed by atoms with Gasteiger partial charge in [-0.3, -0.25) is 0 Å². The molecule has 1 aliphatic heterocycles. The van der Waals surface area contributed by atoms with Crippen molar-refractivity contribution in [3.63, 3.8) is 0 Å². The normalized spacial score (nSPS) is 18.9. The van der Waals surface area contributed by atoms with Crippen molar-refractivity contribution in [2.45, 2.75) is 6.04 Å². The Labute approximate surface area is 93.3 Å². The molecule has 0 saturated carbocycles. The molecule has 0 aliphatic carbocycles. The molecule has 1 aromatic rings. The Morgan fingerprint density at radius 3 is 2.38 bits per heavy atom. The first-order valence-corrected chi connectivity index (χ1v) is 4.90. The Balaban J connectivity index is 2.40. The molecule has 1 heterocycles. The molecular formula is C11H13NO4. The number of carbonyl (C=O) groups is 1. The summed E-state index contributed by atoms with van der Waals surface area (Å²) in [5.74, 6) is 1.35. The summed E-state index contributed by atoms with van der Waals surface area (Å²) in [7, 11) is 3.16. The van der Waals surface area contributed by atoms with Crippen LogP contribution in [0, 0.1) is 0 Å². The summed E-state index contributed by atoms with van der Waals surface area (Å²) >= 11 is 0. The maximum atomic E-state index is 11.0. The predicted molar refractivity (Wildman–Crippen MR) is 56.8 cm³/mol. The van der Waals surface area contributed by atoms with E-state index in [2.05, 4.69) is 5.32 Å². The molecule has 0 aromatic heterocycles. The van der Waals surface area contributed by atoms with Crippen LogP contribution in [0.25, 0.3) is 0 Å². The van der Waals surface area contributed by atoms with Crippen LogP contribution in [0.1, 0.15) is 11.6 Å². The van der Waals surface area contributed by atoms with Gasteiger partial charge in [-0.1, -0.05) is 6.07 Å². The first-order valence-electron chi connectivity index (χ1n) is 4.90. The van der Waals surface area contributed by atoms with Crippen molar-refractivity contribution in [1.82, 2.24) is 5.32 Å². The molecule has 1 saturated heterocycles. The predicted octanol–water partition coefficient (Wildman–Crippen LogP) is 1.48. The van der Waals surface area contributed by atoms with Gasteiger partial charge in [-0.2, -0.15) is 0 Å². The summed E-state index contributed by atoms with van der Waals surface area (Å²) in [6.07, 6.45) is -0.419. The quantitative estimate of drug-likeness (QED) is 0.843. The van der Waals surface area contributed by atoms with E-state index in [1.165, 1.54) is 0 Å². The van der Waals surface area contributed by atoms with Crippen LogP contribution in [0.15, 0.2) is 18.2 Å². The van der Waals surface area contributed by atoms with Crippen LogP contribution >= 0.6 is 0 Å². The van der Waals surface area contributed by atoms with Gasteiger partial charge in [0.05, 0.1) is 25.8 Å². The molecule has 1 aromatic carbocycles. The number of alkyl carbamates (subject to hydrolysis) is 1. The Morgan fingerprint density at radius 1 is 1.31 bits per heavy atom. The lowest BCUT2D eigenvalue weighted by atomic mass is 10.1. The second-order valence-corrected chi connectivity index (χ2v) is 3.37. The number of nitrogens with one attached hydrogen (secondary N) is 1. The van der Waals surface area contributed by atoms with Crippen LogP contribution in [0.2, 0.25) is 0 Å². The van der Waals surface area contributed by atoms with Crippen LogP contribution in [-0.4, -0.2) is 26.9 Å². The lowest BCUT2D eigenvalue weighted by Gasteiger charge is -2.16. The zero-order valence-corrected chi connectivity index (χ0v) is 9.15. The summed E-state index contributed by atoms with van der Waals surface area (Å²) in [6, 6.07) is 5.25. The molecule has 1 unspecified atom stereocenters. The smallest absolute Gasteiger partial charge is 0.407 e. The molecule has 0 bridgehead atoms. The van der Waals surface area contributed by atoms with Gasteiger partial charge < -0.3 is 19.5 Å². The van der Waals surface area contributed by atoms with Gasteiger partial charge in [-0.05, 0) is 12.1 Å². The standard InChI is InChI=1S/C11H13NO4/c1-14-8-4-3-5-9(15-2)10(8)7-6-16-11(13)12-7/h3-5,7H,6H2,1-2H3,(H,12,13). The minimum atomic E-state index is -0.419. The first kappa shape index (κ1) is 10.6. The third-order valence-corrected chi connectivity index (χ3v) is 2.49. The molecule has 2 rings (SSSR count). The van der Waals surface area contributed by atoms with Gasteiger partial charge in [0.1, 0.15) is 18.1 Å². The number of amides is 1. The van der Waals surface area contributed by atoms with Crippen molar-refractivity contribution in [2.75, 3.05) is 20.8 Å². The fraction of sp³-hybridized carbons (Fsp3) is 0.364. The molecular weight excluding hydrogens is 210 g/mol. The van der Waals surface area contributed by atoms with Crippen molar-refractivity contribution in [3.8, 4) is 11.5 Å². The highest BCUT2D eigenvalue weighted by Crippen LogP contribution is 2.35. The fourth-order valence-electron chi connectivity index (χ4n) is 1.76. The van der Waals surface area contributed by atoms with E-state index in [0.29, 0.717) is 11.5 Å². The fourth-order valence-corrected chi connectivity index (χ4v) is 1.76. The van der Waals surface area contributed by atoms with E-state index < -0.39 is 6.09 Å². The molecule has 1 N–H and O–H groups in total. The molecule has 1 fully saturated rings. The maximum absolute atomic E-state index is 11.0. The average molecular weight is 223 g/mol. The van der Waals surface area contributed by atoms with E-state index in [1.807, 2.05) is 18.2 Å². The zero-order chi connectivity index (χ0) is 11.5. The van der Waals surface area contributed by atoms with E-state index in [9.17, 15) is 4.79 Å². The molecule has 86 valence electrons. The van der Waals surface area contributed by atoms with E-state index in [-0.39, 0.29) is 12.6 Å². The molecule has 1 amide bonds. The molecule has 0 spiro atoms. The Kier molecular flexibility index (Phi) is 2.85.